The fourth-order valence-electron chi connectivity index (χ4n) is 0.741. The van der Waals surface area contributed by atoms with Gasteiger partial charge in [0.25, 0.3) is 0 Å². The zero-order chi connectivity index (χ0) is 8.85. The van der Waals surface area contributed by atoms with Gasteiger partial charge in [0, 0.05) is 6.92 Å². The second-order valence-electron chi connectivity index (χ2n) is 2.43. The predicted octanol–water partition coefficient (Wildman–Crippen LogP) is 1.89. The van der Waals surface area contributed by atoms with Crippen LogP contribution in [0.2, 0.25) is 0 Å². The Morgan fingerprint density at radius 3 is 1.91 bits per heavy atom. The van der Waals surface area contributed by atoms with Gasteiger partial charge in [-0.1, -0.05) is 19.4 Å². The minimum Gasteiger partial charge on any atom is -0.291 e. The van der Waals surface area contributed by atoms with Crippen LogP contribution in [-0.2, 0) is 9.59 Å². The fraction of sp³-hybridized carbons (Fsp3) is 0.556. The Labute approximate surface area is 67.3 Å². The van der Waals surface area contributed by atoms with Crippen molar-refractivity contribution in [3.05, 3.63) is 11.6 Å². The lowest BCUT2D eigenvalue weighted by atomic mass is 10.1. The number of hydrogen-bond acceptors (Lipinski definition) is 2. The van der Waals surface area contributed by atoms with E-state index in [1.165, 1.54) is 13.0 Å². The first kappa shape index (κ1) is 10.1. The van der Waals surface area contributed by atoms with Gasteiger partial charge in [-0.15, -0.1) is 0 Å². The summed E-state index contributed by atoms with van der Waals surface area (Å²) in [5, 5.41) is 0. The van der Waals surface area contributed by atoms with Gasteiger partial charge in [0.05, 0.1) is 0 Å². The molecule has 0 amide bonds. The van der Waals surface area contributed by atoms with Crippen molar-refractivity contribution in [2.45, 2.75) is 33.6 Å². The molecule has 0 aliphatic heterocycles. The number of carbonyl (C=O) groups is 2. The van der Waals surface area contributed by atoms with Gasteiger partial charge in [0.2, 0.25) is 5.78 Å². The highest BCUT2D eigenvalue weighted by Crippen LogP contribution is 2.04. The lowest BCUT2D eigenvalue weighted by Gasteiger charge is -1.96. The standard InChI is InChI=1S/C9H14O2/c1-4-8(5-2)6-9(11)7(3)10/h6H,4-5H2,1-3H3. The minimum absolute atomic E-state index is 0.385. The molecule has 0 saturated carbocycles. The maximum atomic E-state index is 10.8. The van der Waals surface area contributed by atoms with Crippen molar-refractivity contribution >= 4 is 11.6 Å². The summed E-state index contributed by atoms with van der Waals surface area (Å²) < 4.78 is 0. The molecule has 0 aromatic rings. The number of ketones is 2. The second kappa shape index (κ2) is 4.83. The van der Waals surface area contributed by atoms with Gasteiger partial charge in [-0.05, 0) is 18.9 Å². The average Bonchev–Trinajstić information content (AvgIpc) is 1.99. The van der Waals surface area contributed by atoms with E-state index in [0.717, 1.165) is 18.4 Å². The Morgan fingerprint density at radius 2 is 1.64 bits per heavy atom. The van der Waals surface area contributed by atoms with Gasteiger partial charge in [-0.3, -0.25) is 9.59 Å². The molecule has 0 fully saturated rings. The van der Waals surface area contributed by atoms with Crippen LogP contribution in [0.3, 0.4) is 0 Å². The van der Waals surface area contributed by atoms with E-state index in [9.17, 15) is 9.59 Å². The molecule has 0 spiro atoms. The first-order chi connectivity index (χ1) is 5.11. The monoisotopic (exact) mass is 154 g/mol. The van der Waals surface area contributed by atoms with Crippen molar-refractivity contribution in [3.8, 4) is 0 Å². The Hall–Kier alpha value is -0.920. The second-order valence-corrected chi connectivity index (χ2v) is 2.43. The van der Waals surface area contributed by atoms with Crippen LogP contribution in [0, 0.1) is 0 Å². The van der Waals surface area contributed by atoms with Gasteiger partial charge in [0.15, 0.2) is 5.78 Å². The average molecular weight is 154 g/mol. The molecule has 0 aromatic heterocycles. The Bertz CT molecular complexity index is 184. The Morgan fingerprint density at radius 1 is 1.18 bits per heavy atom. The van der Waals surface area contributed by atoms with Crippen molar-refractivity contribution < 1.29 is 9.59 Å². The van der Waals surface area contributed by atoms with Crippen molar-refractivity contribution in [1.29, 1.82) is 0 Å². The SMILES string of the molecule is CCC(=CC(=O)C(C)=O)CC. The molecule has 0 saturated heterocycles. The number of carbonyl (C=O) groups excluding carboxylic acids is 2. The van der Waals surface area contributed by atoms with E-state index in [1.807, 2.05) is 13.8 Å². The third-order valence-electron chi connectivity index (χ3n) is 1.59. The van der Waals surface area contributed by atoms with E-state index < -0.39 is 0 Å². The van der Waals surface area contributed by atoms with Crippen LogP contribution >= 0.6 is 0 Å². The highest BCUT2D eigenvalue weighted by molar-refractivity contribution is 6.40. The molecule has 0 unspecified atom stereocenters. The smallest absolute Gasteiger partial charge is 0.221 e. The largest absolute Gasteiger partial charge is 0.291 e. The van der Waals surface area contributed by atoms with Crippen LogP contribution in [0.25, 0.3) is 0 Å². The predicted molar refractivity (Wildman–Crippen MR) is 44.4 cm³/mol. The van der Waals surface area contributed by atoms with E-state index >= 15 is 0 Å². The van der Waals surface area contributed by atoms with E-state index in [0.29, 0.717) is 0 Å². The third-order valence-corrected chi connectivity index (χ3v) is 1.59. The molecule has 62 valence electrons. The topological polar surface area (TPSA) is 34.1 Å². The maximum absolute atomic E-state index is 10.8. The molecule has 0 atom stereocenters. The molecule has 0 bridgehead atoms. The summed E-state index contributed by atoms with van der Waals surface area (Å²) >= 11 is 0. The van der Waals surface area contributed by atoms with Gasteiger partial charge in [0.1, 0.15) is 0 Å². The van der Waals surface area contributed by atoms with Gasteiger partial charge in [-0.2, -0.15) is 0 Å². The summed E-state index contributed by atoms with van der Waals surface area (Å²) in [6.07, 6.45) is 3.13. The minimum atomic E-state index is -0.385. The lowest BCUT2D eigenvalue weighted by Crippen LogP contribution is -2.06. The molecule has 0 rings (SSSR count). The molecule has 0 aromatic carbocycles. The van der Waals surface area contributed by atoms with E-state index in [-0.39, 0.29) is 11.6 Å². The van der Waals surface area contributed by atoms with E-state index in [1.54, 1.807) is 0 Å². The van der Waals surface area contributed by atoms with Crippen LogP contribution in [0.15, 0.2) is 11.6 Å². The molecule has 0 radical (unpaired) electrons. The summed E-state index contributed by atoms with van der Waals surface area (Å²) in [5.74, 6) is -0.770. The van der Waals surface area contributed by atoms with Gasteiger partial charge >= 0.3 is 0 Å². The molecule has 2 nitrogen and oxygen atoms in total. The summed E-state index contributed by atoms with van der Waals surface area (Å²) in [4.78, 5) is 21.4. The normalized spacial score (nSPS) is 9.00. The zero-order valence-electron chi connectivity index (χ0n) is 7.31. The number of allylic oxidation sites excluding steroid dienone is 2. The number of Topliss-reactive ketones (excluding diaryl/α,β-unsaturated/α-hetero) is 1. The molecule has 0 heterocycles. The quantitative estimate of drug-likeness (QED) is 0.457. The Balaban J connectivity index is 4.27. The highest BCUT2D eigenvalue weighted by Gasteiger charge is 2.03. The van der Waals surface area contributed by atoms with Crippen molar-refractivity contribution in [3.63, 3.8) is 0 Å². The molecule has 0 N–H and O–H groups in total. The van der Waals surface area contributed by atoms with Crippen LogP contribution in [0.5, 0.6) is 0 Å². The van der Waals surface area contributed by atoms with Crippen LogP contribution in [0.1, 0.15) is 33.6 Å². The summed E-state index contributed by atoms with van der Waals surface area (Å²) in [5.41, 5.74) is 1.03. The lowest BCUT2D eigenvalue weighted by molar-refractivity contribution is -0.132. The summed E-state index contributed by atoms with van der Waals surface area (Å²) in [7, 11) is 0. The van der Waals surface area contributed by atoms with Crippen molar-refractivity contribution in [1.82, 2.24) is 0 Å². The van der Waals surface area contributed by atoms with E-state index in [4.69, 9.17) is 0 Å². The molecular weight excluding hydrogens is 140 g/mol. The molecule has 2 heteroatoms. The van der Waals surface area contributed by atoms with Gasteiger partial charge < -0.3 is 0 Å². The van der Waals surface area contributed by atoms with Crippen LogP contribution < -0.4 is 0 Å². The van der Waals surface area contributed by atoms with Crippen LogP contribution in [0.4, 0.5) is 0 Å². The fourth-order valence-corrected chi connectivity index (χ4v) is 0.741. The van der Waals surface area contributed by atoms with Crippen molar-refractivity contribution in [2.24, 2.45) is 0 Å². The molecule has 0 aliphatic rings. The van der Waals surface area contributed by atoms with Gasteiger partial charge in [-0.25, -0.2) is 0 Å². The first-order valence-corrected chi connectivity index (χ1v) is 3.86. The van der Waals surface area contributed by atoms with Crippen LogP contribution in [-0.4, -0.2) is 11.6 Å². The third kappa shape index (κ3) is 3.71. The number of hydrogen-bond donors (Lipinski definition) is 0. The zero-order valence-corrected chi connectivity index (χ0v) is 7.31. The molecule has 0 aliphatic carbocycles. The maximum Gasteiger partial charge on any atom is 0.221 e. The molecular formula is C9H14O2. The summed E-state index contributed by atoms with van der Waals surface area (Å²) in [6.45, 7) is 5.24. The highest BCUT2D eigenvalue weighted by atomic mass is 16.2. The first-order valence-electron chi connectivity index (χ1n) is 3.86. The summed E-state index contributed by atoms with van der Waals surface area (Å²) in [6, 6.07) is 0. The number of rotatable bonds is 4. The Kier molecular flexibility index (Phi) is 4.42. The van der Waals surface area contributed by atoms with E-state index in [2.05, 4.69) is 0 Å². The molecule has 11 heavy (non-hydrogen) atoms. The van der Waals surface area contributed by atoms with Crippen molar-refractivity contribution in [2.75, 3.05) is 0 Å².